The van der Waals surface area contributed by atoms with Crippen molar-refractivity contribution in [1.82, 2.24) is 9.97 Å². The largest absolute Gasteiger partial charge is 0.293 e. The number of rotatable bonds is 3. The van der Waals surface area contributed by atoms with Crippen molar-refractivity contribution in [2.75, 3.05) is 4.90 Å². The van der Waals surface area contributed by atoms with Crippen molar-refractivity contribution >= 4 is 17.2 Å². The minimum Gasteiger partial charge on any atom is -0.293 e. The van der Waals surface area contributed by atoms with Crippen LogP contribution in [0.5, 0.6) is 0 Å². The maximum Gasteiger partial charge on any atom is 0.137 e. The number of fused-ring (bicyclic) bond motifs is 6. The summed E-state index contributed by atoms with van der Waals surface area (Å²) in [6, 6.07) is 30.8. The number of hydrogen-bond donors (Lipinski definition) is 0. The summed E-state index contributed by atoms with van der Waals surface area (Å²) in [7, 11) is 0. The Morgan fingerprint density at radius 1 is 0.541 bits per heavy atom. The van der Waals surface area contributed by atoms with Gasteiger partial charge in [-0.1, -0.05) is 64.1 Å². The van der Waals surface area contributed by atoms with E-state index >= 15 is 0 Å². The summed E-state index contributed by atoms with van der Waals surface area (Å²) in [6.45, 7) is 9.42. The Hall–Kier alpha value is -4.24. The number of hydrogen-bond acceptors (Lipinski definition) is 3. The van der Waals surface area contributed by atoms with Crippen molar-refractivity contribution in [2.45, 2.75) is 38.5 Å². The molecule has 0 N–H and O–H groups in total. The molecule has 3 heteroatoms. The Bertz CT molecular complexity index is 1630. The second kappa shape index (κ2) is 7.63. The van der Waals surface area contributed by atoms with E-state index in [0.29, 0.717) is 0 Å². The van der Waals surface area contributed by atoms with Gasteiger partial charge in [-0.2, -0.15) is 0 Å². The maximum absolute atomic E-state index is 4.69. The lowest BCUT2D eigenvalue weighted by atomic mass is 9.79. The highest BCUT2D eigenvalue weighted by Crippen LogP contribution is 2.56. The second-order valence-electron chi connectivity index (χ2n) is 11.2. The summed E-state index contributed by atoms with van der Waals surface area (Å²) in [5.74, 6) is 0.874. The SMILES string of the molecule is CC1(C)c2ccccc2-c2cc3c(cc21)-c1cc(N(c2cccnc2)c2ccccn2)ccc1C3(C)C. The van der Waals surface area contributed by atoms with Crippen LogP contribution in [0.3, 0.4) is 0 Å². The quantitative estimate of drug-likeness (QED) is 0.259. The molecule has 0 saturated heterocycles. The standard InChI is InChI=1S/C34H29N3/c1-33(2)28-12-6-5-11-24(28)26-19-31-27(20-30(26)33)25-18-22(14-15-29(25)34(31,3)4)37(23-10-9-16-35-21-23)32-13-7-8-17-36-32/h5-21H,1-4H3. The van der Waals surface area contributed by atoms with E-state index in [1.54, 1.807) is 0 Å². The minimum absolute atomic E-state index is 0.0266. The Morgan fingerprint density at radius 3 is 1.92 bits per heavy atom. The van der Waals surface area contributed by atoms with Gasteiger partial charge in [-0.25, -0.2) is 4.98 Å². The molecule has 0 fully saturated rings. The third-order valence-electron chi connectivity index (χ3n) is 8.40. The molecule has 0 aliphatic heterocycles. The average molecular weight is 480 g/mol. The van der Waals surface area contributed by atoms with Crippen LogP contribution < -0.4 is 4.90 Å². The van der Waals surface area contributed by atoms with Crippen LogP contribution in [-0.2, 0) is 10.8 Å². The van der Waals surface area contributed by atoms with Crippen LogP contribution in [0.1, 0.15) is 49.9 Å². The van der Waals surface area contributed by atoms with Gasteiger partial charge in [0.2, 0.25) is 0 Å². The van der Waals surface area contributed by atoms with Gasteiger partial charge in [0.1, 0.15) is 5.82 Å². The number of pyridine rings is 2. The van der Waals surface area contributed by atoms with Crippen molar-refractivity contribution in [3.8, 4) is 22.3 Å². The van der Waals surface area contributed by atoms with Gasteiger partial charge in [-0.15, -0.1) is 0 Å². The highest BCUT2D eigenvalue weighted by atomic mass is 15.2. The monoisotopic (exact) mass is 479 g/mol. The fourth-order valence-corrected chi connectivity index (χ4v) is 6.46. The van der Waals surface area contributed by atoms with Gasteiger partial charge in [0, 0.05) is 28.9 Å². The zero-order valence-corrected chi connectivity index (χ0v) is 21.7. The summed E-state index contributed by atoms with van der Waals surface area (Å²) in [4.78, 5) is 11.3. The molecule has 3 aromatic carbocycles. The van der Waals surface area contributed by atoms with E-state index in [1.165, 1.54) is 44.5 Å². The number of anilines is 3. The molecule has 37 heavy (non-hydrogen) atoms. The normalized spacial score (nSPS) is 15.5. The van der Waals surface area contributed by atoms with Gasteiger partial charge in [-0.3, -0.25) is 9.88 Å². The third kappa shape index (κ3) is 3.07. The predicted octanol–water partition coefficient (Wildman–Crippen LogP) is 8.56. The lowest BCUT2D eigenvalue weighted by Crippen LogP contribution is -2.17. The predicted molar refractivity (Wildman–Crippen MR) is 152 cm³/mol. The smallest absolute Gasteiger partial charge is 0.137 e. The van der Waals surface area contributed by atoms with Gasteiger partial charge in [-0.05, 0) is 93.0 Å². The molecule has 0 unspecified atom stereocenters. The molecular weight excluding hydrogens is 450 g/mol. The van der Waals surface area contributed by atoms with E-state index in [2.05, 4.69) is 103 Å². The Kier molecular flexibility index (Phi) is 4.54. The van der Waals surface area contributed by atoms with E-state index < -0.39 is 0 Å². The lowest BCUT2D eigenvalue weighted by molar-refractivity contribution is 0.652. The van der Waals surface area contributed by atoms with Gasteiger partial charge in [0.05, 0.1) is 11.9 Å². The number of nitrogens with zero attached hydrogens (tertiary/aromatic N) is 3. The van der Waals surface area contributed by atoms with Gasteiger partial charge >= 0.3 is 0 Å². The molecule has 0 radical (unpaired) electrons. The molecule has 5 aromatic rings. The molecular formula is C34H29N3. The highest BCUT2D eigenvalue weighted by molar-refractivity contribution is 5.91. The zero-order chi connectivity index (χ0) is 25.4. The van der Waals surface area contributed by atoms with Crippen molar-refractivity contribution in [2.24, 2.45) is 0 Å². The first-order chi connectivity index (χ1) is 17.9. The number of benzene rings is 3. The fourth-order valence-electron chi connectivity index (χ4n) is 6.46. The third-order valence-corrected chi connectivity index (χ3v) is 8.40. The van der Waals surface area contributed by atoms with Crippen molar-refractivity contribution in [3.63, 3.8) is 0 Å². The van der Waals surface area contributed by atoms with Crippen LogP contribution in [0, 0.1) is 0 Å². The molecule has 3 nitrogen and oxygen atoms in total. The summed E-state index contributed by atoms with van der Waals surface area (Å²) in [5, 5.41) is 0. The van der Waals surface area contributed by atoms with Crippen molar-refractivity contribution < 1.29 is 0 Å². The van der Waals surface area contributed by atoms with Crippen LogP contribution in [0.25, 0.3) is 22.3 Å². The van der Waals surface area contributed by atoms with E-state index in [-0.39, 0.29) is 10.8 Å². The summed E-state index contributed by atoms with van der Waals surface area (Å²) >= 11 is 0. The van der Waals surface area contributed by atoms with Crippen LogP contribution in [0.15, 0.2) is 104 Å². The van der Waals surface area contributed by atoms with Crippen LogP contribution in [-0.4, -0.2) is 9.97 Å². The lowest BCUT2D eigenvalue weighted by Gasteiger charge is -2.25. The molecule has 2 aliphatic rings. The molecule has 0 spiro atoms. The summed E-state index contributed by atoms with van der Waals surface area (Å²) in [5.41, 5.74) is 13.0. The van der Waals surface area contributed by atoms with Gasteiger partial charge < -0.3 is 0 Å². The highest BCUT2D eigenvalue weighted by Gasteiger charge is 2.41. The molecule has 2 heterocycles. The average Bonchev–Trinajstić information content (AvgIpc) is 3.28. The van der Waals surface area contributed by atoms with E-state index in [4.69, 9.17) is 0 Å². The van der Waals surface area contributed by atoms with Crippen LogP contribution in [0.2, 0.25) is 0 Å². The van der Waals surface area contributed by atoms with Gasteiger partial charge in [0.25, 0.3) is 0 Å². The van der Waals surface area contributed by atoms with Gasteiger partial charge in [0.15, 0.2) is 0 Å². The number of aromatic nitrogens is 2. The second-order valence-corrected chi connectivity index (χ2v) is 11.2. The van der Waals surface area contributed by atoms with Crippen LogP contribution in [0.4, 0.5) is 17.2 Å². The first kappa shape index (κ1) is 22.0. The Balaban J connectivity index is 1.44. The molecule has 180 valence electrons. The fraction of sp³-hybridized carbons (Fsp3) is 0.176. The molecule has 0 saturated carbocycles. The first-order valence-corrected chi connectivity index (χ1v) is 12.9. The molecule has 7 rings (SSSR count). The Labute approximate surface area is 218 Å². The Morgan fingerprint density at radius 2 is 1.22 bits per heavy atom. The van der Waals surface area contributed by atoms with Crippen LogP contribution >= 0.6 is 0 Å². The molecule has 0 atom stereocenters. The summed E-state index contributed by atoms with van der Waals surface area (Å²) < 4.78 is 0. The topological polar surface area (TPSA) is 29.0 Å². The van der Waals surface area contributed by atoms with E-state index in [0.717, 1.165) is 17.2 Å². The van der Waals surface area contributed by atoms with E-state index in [9.17, 15) is 0 Å². The maximum atomic E-state index is 4.69. The molecule has 0 amide bonds. The first-order valence-electron chi connectivity index (χ1n) is 12.9. The summed E-state index contributed by atoms with van der Waals surface area (Å²) in [6.07, 6.45) is 5.54. The van der Waals surface area contributed by atoms with Crippen molar-refractivity contribution in [3.05, 3.63) is 126 Å². The van der Waals surface area contributed by atoms with E-state index in [1.807, 2.05) is 42.9 Å². The zero-order valence-electron chi connectivity index (χ0n) is 21.7. The molecule has 0 bridgehead atoms. The van der Waals surface area contributed by atoms with Crippen molar-refractivity contribution in [1.29, 1.82) is 0 Å². The molecule has 2 aliphatic carbocycles. The minimum atomic E-state index is -0.0793. The molecule has 2 aromatic heterocycles.